The van der Waals surface area contributed by atoms with Gasteiger partial charge < -0.3 is 4.74 Å². The van der Waals surface area contributed by atoms with Gasteiger partial charge in [-0.15, -0.1) is 0 Å². The summed E-state index contributed by atoms with van der Waals surface area (Å²) in [6.45, 7) is 1.42. The minimum atomic E-state index is -3.79. The van der Waals surface area contributed by atoms with Crippen molar-refractivity contribution in [3.8, 4) is 0 Å². The highest BCUT2D eigenvalue weighted by atomic mass is 32.2. The fourth-order valence-corrected chi connectivity index (χ4v) is 3.68. The lowest BCUT2D eigenvalue weighted by molar-refractivity contribution is -0.146. The number of sulfonamides is 1. The molecule has 0 atom stereocenters. The lowest BCUT2D eigenvalue weighted by Crippen LogP contribution is -2.31. The van der Waals surface area contributed by atoms with E-state index in [-0.39, 0.29) is 4.90 Å². The Bertz CT molecular complexity index is 978. The van der Waals surface area contributed by atoms with Crippen LogP contribution in [0.3, 0.4) is 0 Å². The molecule has 0 fully saturated rings. The number of hydrogen-bond acceptors (Lipinski definition) is 4. The van der Waals surface area contributed by atoms with Crippen LogP contribution in [0.4, 0.5) is 0 Å². The standard InChI is InChI=1S/C22H21NO4S/c1-17-12-14-20(15-13-17)28(25,26)23-16-21(24)27-22(18-8-4-2-5-9-18)19-10-6-3-7-11-19/h2-15,22-23H,16H2,1H3. The summed E-state index contributed by atoms with van der Waals surface area (Å²) in [5.41, 5.74) is 2.57. The molecule has 0 unspecified atom stereocenters. The lowest BCUT2D eigenvalue weighted by Gasteiger charge is -2.19. The Labute approximate surface area is 165 Å². The molecule has 5 nitrogen and oxygen atoms in total. The molecule has 0 saturated heterocycles. The molecule has 0 aliphatic carbocycles. The molecule has 0 bridgehead atoms. The summed E-state index contributed by atoms with van der Waals surface area (Å²) < 4.78 is 32.6. The van der Waals surface area contributed by atoms with Gasteiger partial charge in [-0.25, -0.2) is 8.42 Å². The molecular weight excluding hydrogens is 374 g/mol. The highest BCUT2D eigenvalue weighted by Crippen LogP contribution is 2.25. The molecule has 0 aliphatic rings. The number of nitrogens with one attached hydrogen (secondary N) is 1. The van der Waals surface area contributed by atoms with Gasteiger partial charge in [0.2, 0.25) is 10.0 Å². The number of ether oxygens (including phenoxy) is 1. The van der Waals surface area contributed by atoms with E-state index in [1.807, 2.05) is 67.6 Å². The van der Waals surface area contributed by atoms with Gasteiger partial charge in [0.15, 0.2) is 6.10 Å². The van der Waals surface area contributed by atoms with E-state index < -0.39 is 28.6 Å². The van der Waals surface area contributed by atoms with Gasteiger partial charge in [-0.3, -0.25) is 4.79 Å². The number of hydrogen-bond donors (Lipinski definition) is 1. The zero-order chi connectivity index (χ0) is 20.0. The van der Waals surface area contributed by atoms with Crippen LogP contribution in [0.15, 0.2) is 89.8 Å². The third-order valence-electron chi connectivity index (χ3n) is 4.19. The molecule has 3 aromatic carbocycles. The minimum absolute atomic E-state index is 0.105. The molecule has 1 N–H and O–H groups in total. The number of rotatable bonds is 7. The predicted molar refractivity (Wildman–Crippen MR) is 107 cm³/mol. The quantitative estimate of drug-likeness (QED) is 0.621. The molecule has 28 heavy (non-hydrogen) atoms. The van der Waals surface area contributed by atoms with E-state index >= 15 is 0 Å². The van der Waals surface area contributed by atoms with Gasteiger partial charge in [0.25, 0.3) is 0 Å². The average Bonchev–Trinajstić information content (AvgIpc) is 2.72. The van der Waals surface area contributed by atoms with E-state index in [0.29, 0.717) is 0 Å². The first-order valence-corrected chi connectivity index (χ1v) is 10.3. The van der Waals surface area contributed by atoms with E-state index in [1.54, 1.807) is 12.1 Å². The average molecular weight is 395 g/mol. The lowest BCUT2D eigenvalue weighted by atomic mass is 10.0. The summed E-state index contributed by atoms with van der Waals surface area (Å²) in [5, 5.41) is 0. The maximum Gasteiger partial charge on any atom is 0.321 e. The van der Waals surface area contributed by atoms with Gasteiger partial charge in [0, 0.05) is 0 Å². The molecule has 0 aromatic heterocycles. The minimum Gasteiger partial charge on any atom is -0.452 e. The zero-order valence-corrected chi connectivity index (χ0v) is 16.2. The maximum atomic E-state index is 12.4. The van der Waals surface area contributed by atoms with E-state index in [0.717, 1.165) is 16.7 Å². The molecule has 0 amide bonds. The summed E-state index contributed by atoms with van der Waals surface area (Å²) in [5.74, 6) is -0.659. The SMILES string of the molecule is Cc1ccc(S(=O)(=O)NCC(=O)OC(c2ccccc2)c2ccccc2)cc1. The van der Waals surface area contributed by atoms with Crippen molar-refractivity contribution in [2.24, 2.45) is 0 Å². The van der Waals surface area contributed by atoms with E-state index in [9.17, 15) is 13.2 Å². The van der Waals surface area contributed by atoms with Crippen LogP contribution >= 0.6 is 0 Å². The normalized spacial score (nSPS) is 11.4. The van der Waals surface area contributed by atoms with Crippen molar-refractivity contribution < 1.29 is 17.9 Å². The van der Waals surface area contributed by atoms with Crippen LogP contribution in [-0.4, -0.2) is 20.9 Å². The number of carbonyl (C=O) groups excluding carboxylic acids is 1. The fraction of sp³-hybridized carbons (Fsp3) is 0.136. The summed E-state index contributed by atoms with van der Waals surface area (Å²) in [6, 6.07) is 25.1. The predicted octanol–water partition coefficient (Wildman–Crippen LogP) is 3.61. The smallest absolute Gasteiger partial charge is 0.321 e. The second-order valence-electron chi connectivity index (χ2n) is 6.33. The molecular formula is C22H21NO4S. The maximum absolute atomic E-state index is 12.4. The fourth-order valence-electron chi connectivity index (χ4n) is 2.71. The van der Waals surface area contributed by atoms with Crippen molar-refractivity contribution in [2.75, 3.05) is 6.54 Å². The van der Waals surface area contributed by atoms with Crippen LogP contribution in [0, 0.1) is 6.92 Å². The second-order valence-corrected chi connectivity index (χ2v) is 8.10. The third-order valence-corrected chi connectivity index (χ3v) is 5.61. The third kappa shape index (κ3) is 5.06. The number of esters is 1. The Kier molecular flexibility index (Phi) is 6.23. The van der Waals surface area contributed by atoms with Gasteiger partial charge in [-0.05, 0) is 30.2 Å². The molecule has 6 heteroatoms. The van der Waals surface area contributed by atoms with Crippen molar-refractivity contribution in [1.82, 2.24) is 4.72 Å². The van der Waals surface area contributed by atoms with E-state index in [1.165, 1.54) is 12.1 Å². The Morgan fingerprint density at radius 2 is 1.36 bits per heavy atom. The summed E-state index contributed by atoms with van der Waals surface area (Å²) in [6.07, 6.45) is -0.612. The molecule has 0 spiro atoms. The van der Waals surface area contributed by atoms with Crippen molar-refractivity contribution in [3.05, 3.63) is 102 Å². The summed E-state index contributed by atoms with van der Waals surface area (Å²) in [4.78, 5) is 12.5. The molecule has 144 valence electrons. The van der Waals surface area contributed by atoms with Crippen LogP contribution < -0.4 is 4.72 Å². The molecule has 0 radical (unpaired) electrons. The Morgan fingerprint density at radius 1 is 0.857 bits per heavy atom. The van der Waals surface area contributed by atoms with Gasteiger partial charge in [-0.2, -0.15) is 4.72 Å². The highest BCUT2D eigenvalue weighted by molar-refractivity contribution is 7.89. The molecule has 0 aliphatic heterocycles. The number of aryl methyl sites for hydroxylation is 1. The zero-order valence-electron chi connectivity index (χ0n) is 15.4. The summed E-state index contributed by atoms with van der Waals surface area (Å²) in [7, 11) is -3.79. The first kappa shape index (κ1) is 19.8. The van der Waals surface area contributed by atoms with E-state index in [2.05, 4.69) is 4.72 Å². The Balaban J connectivity index is 1.71. The molecule has 3 aromatic rings. The van der Waals surface area contributed by atoms with Crippen LogP contribution in [0.2, 0.25) is 0 Å². The first-order valence-electron chi connectivity index (χ1n) is 8.81. The van der Waals surface area contributed by atoms with E-state index in [4.69, 9.17) is 4.74 Å². The van der Waals surface area contributed by atoms with Crippen molar-refractivity contribution in [1.29, 1.82) is 0 Å². The van der Waals surface area contributed by atoms with Crippen LogP contribution in [0.1, 0.15) is 22.8 Å². The van der Waals surface area contributed by atoms with Crippen molar-refractivity contribution in [2.45, 2.75) is 17.9 Å². The topological polar surface area (TPSA) is 72.5 Å². The van der Waals surface area contributed by atoms with Gasteiger partial charge >= 0.3 is 5.97 Å². The van der Waals surface area contributed by atoms with Crippen molar-refractivity contribution >= 4 is 16.0 Å². The van der Waals surface area contributed by atoms with Crippen LogP contribution in [0.5, 0.6) is 0 Å². The van der Waals surface area contributed by atoms with Gasteiger partial charge in [0.1, 0.15) is 6.54 Å². The van der Waals surface area contributed by atoms with Crippen LogP contribution in [0.25, 0.3) is 0 Å². The molecule has 3 rings (SSSR count). The number of carbonyl (C=O) groups is 1. The monoisotopic (exact) mass is 395 g/mol. The first-order chi connectivity index (χ1) is 13.5. The Morgan fingerprint density at radius 3 is 1.86 bits per heavy atom. The van der Waals surface area contributed by atoms with Gasteiger partial charge in [0.05, 0.1) is 4.90 Å². The van der Waals surface area contributed by atoms with Crippen LogP contribution in [-0.2, 0) is 19.6 Å². The van der Waals surface area contributed by atoms with Crippen molar-refractivity contribution in [3.63, 3.8) is 0 Å². The Hall–Kier alpha value is -2.96. The summed E-state index contributed by atoms with van der Waals surface area (Å²) >= 11 is 0. The largest absolute Gasteiger partial charge is 0.452 e. The number of benzene rings is 3. The second kappa shape index (κ2) is 8.82. The molecule has 0 saturated carbocycles. The highest BCUT2D eigenvalue weighted by Gasteiger charge is 2.21. The molecule has 0 heterocycles. The van der Waals surface area contributed by atoms with Gasteiger partial charge in [-0.1, -0.05) is 78.4 Å².